The molecule has 6 nitrogen and oxygen atoms in total. The Morgan fingerprint density at radius 3 is 2.52 bits per heavy atom. The van der Waals surface area contributed by atoms with Gasteiger partial charge in [0.1, 0.15) is 11.4 Å². The smallest absolute Gasteiger partial charge is 0.274 e. The topological polar surface area (TPSA) is 76.1 Å². The van der Waals surface area contributed by atoms with Gasteiger partial charge in [0.15, 0.2) is 0 Å². The van der Waals surface area contributed by atoms with Gasteiger partial charge in [-0.3, -0.25) is 4.79 Å². The summed E-state index contributed by atoms with van der Waals surface area (Å²) in [4.78, 5) is 21.5. The summed E-state index contributed by atoms with van der Waals surface area (Å²) < 4.78 is 5.76. The molecule has 1 amide bonds. The molecule has 2 aromatic carbocycles. The molecule has 0 saturated heterocycles. The Morgan fingerprint density at radius 2 is 1.76 bits per heavy atom. The second-order valence-electron chi connectivity index (χ2n) is 7.00. The fraction of sp³-hybridized carbons (Fsp3) is 0.261. The van der Waals surface area contributed by atoms with Crippen molar-refractivity contribution in [2.45, 2.75) is 33.3 Å². The number of hydrogen-bond donors (Lipinski definition) is 2. The van der Waals surface area contributed by atoms with Crippen molar-refractivity contribution in [3.63, 3.8) is 0 Å². The van der Waals surface area contributed by atoms with Crippen LogP contribution in [0.1, 0.15) is 35.6 Å². The lowest BCUT2D eigenvalue weighted by atomic mass is 10.1. The number of nitrogens with one attached hydrogen (secondary N) is 2. The van der Waals surface area contributed by atoms with Gasteiger partial charge in [-0.05, 0) is 51.0 Å². The summed E-state index contributed by atoms with van der Waals surface area (Å²) in [6.45, 7) is 6.41. The summed E-state index contributed by atoms with van der Waals surface area (Å²) in [5.74, 6) is 0.766. The van der Waals surface area contributed by atoms with E-state index in [-0.39, 0.29) is 12.0 Å². The number of amides is 1. The minimum atomic E-state index is -0.304. The zero-order chi connectivity index (χ0) is 20.6. The molecule has 0 aliphatic carbocycles. The Morgan fingerprint density at radius 1 is 1.03 bits per heavy atom. The number of para-hydroxylation sites is 2. The van der Waals surface area contributed by atoms with Crippen molar-refractivity contribution in [2.75, 3.05) is 17.2 Å². The number of anilines is 2. The minimum Gasteiger partial charge on any atom is -0.489 e. The Bertz CT molecular complexity index is 958. The van der Waals surface area contributed by atoms with E-state index in [9.17, 15) is 4.79 Å². The van der Waals surface area contributed by atoms with Gasteiger partial charge < -0.3 is 15.4 Å². The molecule has 0 aliphatic rings. The summed E-state index contributed by atoms with van der Waals surface area (Å²) >= 11 is 0. The largest absolute Gasteiger partial charge is 0.489 e. The molecular formula is C23H26N4O2. The van der Waals surface area contributed by atoms with Gasteiger partial charge in [0.2, 0.25) is 5.95 Å². The number of carbonyl (C=O) groups is 1. The van der Waals surface area contributed by atoms with Crippen LogP contribution in [0, 0.1) is 6.92 Å². The highest BCUT2D eigenvalue weighted by Gasteiger charge is 2.14. The quantitative estimate of drug-likeness (QED) is 0.593. The number of carbonyl (C=O) groups excluding carboxylic acids is 1. The van der Waals surface area contributed by atoms with Crippen LogP contribution in [-0.2, 0) is 6.42 Å². The van der Waals surface area contributed by atoms with Gasteiger partial charge >= 0.3 is 0 Å². The number of benzene rings is 2. The van der Waals surface area contributed by atoms with Gasteiger partial charge in [0.25, 0.3) is 5.91 Å². The summed E-state index contributed by atoms with van der Waals surface area (Å²) in [5, 5.41) is 6.09. The number of nitrogens with zero attached hydrogens (tertiary/aromatic N) is 2. The maximum atomic E-state index is 12.8. The highest BCUT2D eigenvalue weighted by molar-refractivity contribution is 6.03. The molecule has 0 atom stereocenters. The maximum Gasteiger partial charge on any atom is 0.274 e. The monoisotopic (exact) mass is 390 g/mol. The van der Waals surface area contributed by atoms with Crippen molar-refractivity contribution in [3.8, 4) is 5.75 Å². The summed E-state index contributed by atoms with van der Waals surface area (Å²) in [6, 6.07) is 19.2. The van der Waals surface area contributed by atoms with E-state index in [0.29, 0.717) is 29.6 Å². The molecule has 2 N–H and O–H groups in total. The highest BCUT2D eigenvalue weighted by atomic mass is 16.5. The van der Waals surface area contributed by atoms with Crippen LogP contribution in [0.3, 0.4) is 0 Å². The molecule has 0 saturated carbocycles. The van der Waals surface area contributed by atoms with Gasteiger partial charge in [0, 0.05) is 12.2 Å². The highest BCUT2D eigenvalue weighted by Crippen LogP contribution is 2.25. The molecule has 1 aromatic heterocycles. The van der Waals surface area contributed by atoms with E-state index in [4.69, 9.17) is 4.74 Å². The molecule has 3 aromatic rings. The van der Waals surface area contributed by atoms with Crippen molar-refractivity contribution in [2.24, 2.45) is 0 Å². The molecule has 29 heavy (non-hydrogen) atoms. The molecule has 0 radical (unpaired) electrons. The fourth-order valence-corrected chi connectivity index (χ4v) is 2.84. The predicted octanol–water partition coefficient (Wildman–Crippen LogP) is 4.48. The van der Waals surface area contributed by atoms with Crippen molar-refractivity contribution < 1.29 is 9.53 Å². The summed E-state index contributed by atoms with van der Waals surface area (Å²) in [6.07, 6.45) is 0.856. The maximum absolute atomic E-state index is 12.8. The van der Waals surface area contributed by atoms with E-state index in [1.54, 1.807) is 6.07 Å². The second-order valence-corrected chi connectivity index (χ2v) is 7.00. The number of rotatable bonds is 8. The van der Waals surface area contributed by atoms with Crippen molar-refractivity contribution in [3.05, 3.63) is 77.6 Å². The van der Waals surface area contributed by atoms with E-state index in [1.807, 2.05) is 63.2 Å². The number of ether oxygens (including phenoxy) is 1. The molecule has 0 aliphatic heterocycles. The van der Waals surface area contributed by atoms with Crippen LogP contribution in [0.4, 0.5) is 11.6 Å². The van der Waals surface area contributed by atoms with Gasteiger partial charge in [-0.25, -0.2) is 9.97 Å². The summed E-state index contributed by atoms with van der Waals surface area (Å²) in [7, 11) is 0. The molecule has 1 heterocycles. The zero-order valence-electron chi connectivity index (χ0n) is 17.0. The van der Waals surface area contributed by atoms with Crippen molar-refractivity contribution in [1.82, 2.24) is 9.97 Å². The summed E-state index contributed by atoms with van der Waals surface area (Å²) in [5.41, 5.74) is 2.87. The predicted molar refractivity (Wildman–Crippen MR) is 116 cm³/mol. The molecule has 0 bridgehead atoms. The van der Waals surface area contributed by atoms with E-state index < -0.39 is 0 Å². The normalized spacial score (nSPS) is 10.6. The van der Waals surface area contributed by atoms with Gasteiger partial charge in [0.05, 0.1) is 11.8 Å². The van der Waals surface area contributed by atoms with Crippen LogP contribution in [0.15, 0.2) is 60.7 Å². The average molecular weight is 390 g/mol. The van der Waals surface area contributed by atoms with Crippen molar-refractivity contribution >= 4 is 17.5 Å². The van der Waals surface area contributed by atoms with E-state index in [2.05, 4.69) is 32.7 Å². The first-order chi connectivity index (χ1) is 14.0. The number of hydrogen-bond acceptors (Lipinski definition) is 5. The van der Waals surface area contributed by atoms with Gasteiger partial charge in [-0.2, -0.15) is 0 Å². The first-order valence-corrected chi connectivity index (χ1v) is 9.72. The molecular weight excluding hydrogens is 364 g/mol. The Labute approximate surface area is 171 Å². The molecule has 3 rings (SSSR count). The van der Waals surface area contributed by atoms with Gasteiger partial charge in [-0.1, -0.05) is 42.5 Å². The Hall–Kier alpha value is -3.41. The molecule has 6 heteroatoms. The zero-order valence-corrected chi connectivity index (χ0v) is 17.0. The lowest BCUT2D eigenvalue weighted by Crippen LogP contribution is -2.18. The van der Waals surface area contributed by atoms with Crippen LogP contribution >= 0.6 is 0 Å². The van der Waals surface area contributed by atoms with Crippen LogP contribution < -0.4 is 15.4 Å². The van der Waals surface area contributed by atoms with Crippen LogP contribution in [0.5, 0.6) is 5.75 Å². The second kappa shape index (κ2) is 9.68. The van der Waals surface area contributed by atoms with E-state index in [1.165, 1.54) is 5.56 Å². The SMILES string of the molecule is Cc1cc(C(=O)Nc2ccccc2OC(C)C)nc(NCCc2ccccc2)n1. The van der Waals surface area contributed by atoms with Crippen LogP contribution in [-0.4, -0.2) is 28.5 Å². The Kier molecular flexibility index (Phi) is 6.79. The lowest BCUT2D eigenvalue weighted by Gasteiger charge is -2.15. The van der Waals surface area contributed by atoms with Crippen LogP contribution in [0.25, 0.3) is 0 Å². The Balaban J connectivity index is 1.68. The van der Waals surface area contributed by atoms with Gasteiger partial charge in [-0.15, -0.1) is 0 Å². The third-order valence-corrected chi connectivity index (χ3v) is 4.12. The van der Waals surface area contributed by atoms with Crippen LogP contribution in [0.2, 0.25) is 0 Å². The van der Waals surface area contributed by atoms with Crippen molar-refractivity contribution in [1.29, 1.82) is 0 Å². The number of aromatic nitrogens is 2. The fourth-order valence-electron chi connectivity index (χ4n) is 2.84. The molecule has 0 unspecified atom stereocenters. The standard InChI is InChI=1S/C23H26N4O2/c1-16(2)29-21-12-8-7-11-19(21)26-22(28)20-15-17(3)25-23(27-20)24-14-13-18-9-5-4-6-10-18/h4-12,15-16H,13-14H2,1-3H3,(H,26,28)(H,24,25,27). The number of aryl methyl sites for hydroxylation is 1. The van der Waals surface area contributed by atoms with E-state index in [0.717, 1.165) is 12.1 Å². The minimum absolute atomic E-state index is 0.00904. The third kappa shape index (κ3) is 6.04. The third-order valence-electron chi connectivity index (χ3n) is 4.12. The molecule has 0 fully saturated rings. The average Bonchev–Trinajstić information content (AvgIpc) is 2.69. The first kappa shape index (κ1) is 20.3. The molecule has 150 valence electrons. The first-order valence-electron chi connectivity index (χ1n) is 9.72. The van der Waals surface area contributed by atoms with E-state index >= 15 is 0 Å². The lowest BCUT2D eigenvalue weighted by molar-refractivity contribution is 0.102. The molecule has 0 spiro atoms.